The molecule has 3 N–H and O–H groups in total. The predicted molar refractivity (Wildman–Crippen MR) is 137 cm³/mol. The number of β-amino-alcohol motifs (C(OH)–C–C–N with tert-alkyl or cyclic N) is 1. The summed E-state index contributed by atoms with van der Waals surface area (Å²) >= 11 is 0. The quantitative estimate of drug-likeness (QED) is 0.544. The lowest BCUT2D eigenvalue weighted by atomic mass is 9.87. The second-order valence-corrected chi connectivity index (χ2v) is 11.2. The summed E-state index contributed by atoms with van der Waals surface area (Å²) in [5.41, 5.74) is 2.00. The molecule has 1 aromatic heterocycles. The number of benzene rings is 1. The summed E-state index contributed by atoms with van der Waals surface area (Å²) in [4.78, 5) is 33.4. The van der Waals surface area contributed by atoms with Crippen molar-refractivity contribution in [1.29, 1.82) is 0 Å². The number of hydrogen-bond donors (Lipinski definition) is 3. The van der Waals surface area contributed by atoms with Crippen molar-refractivity contribution in [2.24, 2.45) is 0 Å². The minimum Gasteiger partial charge on any atom is -0.392 e. The number of amides is 2. The van der Waals surface area contributed by atoms with Gasteiger partial charge in [0.1, 0.15) is 6.04 Å². The van der Waals surface area contributed by atoms with Crippen LogP contribution in [0.3, 0.4) is 0 Å². The van der Waals surface area contributed by atoms with Crippen LogP contribution < -0.4 is 15.5 Å². The van der Waals surface area contributed by atoms with E-state index in [0.717, 1.165) is 5.56 Å². The smallest absolute Gasteiger partial charge is 0.248 e. The van der Waals surface area contributed by atoms with E-state index in [9.17, 15) is 23.5 Å². The first-order valence-electron chi connectivity index (χ1n) is 12.9. The molecule has 7 nitrogen and oxygen atoms in total. The summed E-state index contributed by atoms with van der Waals surface area (Å²) in [6.07, 6.45) is 2.47. The van der Waals surface area contributed by atoms with Gasteiger partial charge in [-0.2, -0.15) is 0 Å². The highest BCUT2D eigenvalue weighted by atomic mass is 19.3. The van der Waals surface area contributed by atoms with Crippen molar-refractivity contribution in [3.63, 3.8) is 0 Å². The minimum atomic E-state index is -2.71. The van der Waals surface area contributed by atoms with E-state index in [2.05, 4.69) is 36.4 Å². The number of aliphatic hydroxyl groups is 1. The third kappa shape index (κ3) is 6.51. The van der Waals surface area contributed by atoms with E-state index in [0.29, 0.717) is 11.3 Å². The number of carbonyl (C=O) groups is 2. The molecule has 9 heteroatoms. The third-order valence-electron chi connectivity index (χ3n) is 7.22. The standard InChI is InChI=1S/C28H36F2N4O3/c1-27(2,3)19-6-8-21(9-7-19)34(26(37)23-15-22(35)17-32-23)24(18-5-4-14-31-16-18)25(36)33-20-10-12-28(29,30)13-11-20/h4-9,14,16,20,22-24,32,35H,10-13,15,17H2,1-3H3,(H,33,36)/t22-,23-,24?/m1/s1. The number of rotatable bonds is 6. The summed E-state index contributed by atoms with van der Waals surface area (Å²) in [5, 5.41) is 16.1. The van der Waals surface area contributed by atoms with Crippen LogP contribution in [0, 0.1) is 0 Å². The van der Waals surface area contributed by atoms with Crippen LogP contribution in [-0.2, 0) is 15.0 Å². The number of carbonyl (C=O) groups excluding carboxylic acids is 2. The molecule has 200 valence electrons. The number of nitrogens with zero attached hydrogens (tertiary/aromatic N) is 2. The third-order valence-corrected chi connectivity index (χ3v) is 7.22. The first kappa shape index (κ1) is 27.1. The predicted octanol–water partition coefficient (Wildman–Crippen LogP) is 3.87. The highest BCUT2D eigenvalue weighted by Gasteiger charge is 2.41. The summed E-state index contributed by atoms with van der Waals surface area (Å²) in [6.45, 7) is 6.56. The molecule has 0 radical (unpaired) electrons. The van der Waals surface area contributed by atoms with Crippen LogP contribution in [0.25, 0.3) is 0 Å². The van der Waals surface area contributed by atoms with Crippen LogP contribution in [0.15, 0.2) is 48.8 Å². The molecule has 1 aliphatic carbocycles. The molecule has 1 aromatic carbocycles. The largest absolute Gasteiger partial charge is 0.392 e. The van der Waals surface area contributed by atoms with E-state index in [-0.39, 0.29) is 50.0 Å². The van der Waals surface area contributed by atoms with Gasteiger partial charge < -0.3 is 15.7 Å². The molecule has 1 unspecified atom stereocenters. The molecule has 3 atom stereocenters. The molecular weight excluding hydrogens is 478 g/mol. The van der Waals surface area contributed by atoms with E-state index < -0.39 is 36.1 Å². The maximum Gasteiger partial charge on any atom is 0.248 e. The first-order valence-corrected chi connectivity index (χ1v) is 12.9. The van der Waals surface area contributed by atoms with Crippen molar-refractivity contribution < 1.29 is 23.5 Å². The molecule has 2 fully saturated rings. The number of aromatic nitrogens is 1. The minimum absolute atomic E-state index is 0.104. The Balaban J connectivity index is 1.71. The average Bonchev–Trinajstić information content (AvgIpc) is 3.29. The van der Waals surface area contributed by atoms with Crippen LogP contribution in [0.4, 0.5) is 14.5 Å². The Bertz CT molecular complexity index is 1080. The zero-order valence-corrected chi connectivity index (χ0v) is 21.6. The maximum atomic E-state index is 13.9. The molecule has 2 aromatic rings. The molecule has 37 heavy (non-hydrogen) atoms. The molecule has 1 saturated heterocycles. The van der Waals surface area contributed by atoms with Gasteiger partial charge in [-0.3, -0.25) is 19.5 Å². The zero-order chi connectivity index (χ0) is 26.8. The van der Waals surface area contributed by atoms with Gasteiger partial charge in [0, 0.05) is 49.1 Å². The summed E-state index contributed by atoms with van der Waals surface area (Å²) < 4.78 is 27.4. The number of aliphatic hydroxyl groups excluding tert-OH is 1. The lowest BCUT2D eigenvalue weighted by Gasteiger charge is -2.35. The first-order chi connectivity index (χ1) is 17.4. The molecule has 0 spiro atoms. The summed E-state index contributed by atoms with van der Waals surface area (Å²) in [7, 11) is 0. The number of hydrogen-bond acceptors (Lipinski definition) is 5. The number of halogens is 2. The van der Waals surface area contributed by atoms with Gasteiger partial charge in [0.05, 0.1) is 12.1 Å². The van der Waals surface area contributed by atoms with Crippen molar-refractivity contribution in [3.05, 3.63) is 59.9 Å². The Morgan fingerprint density at radius 2 is 1.84 bits per heavy atom. The fourth-order valence-electron chi connectivity index (χ4n) is 5.02. The second kappa shape index (κ2) is 10.8. The van der Waals surface area contributed by atoms with Crippen LogP contribution in [0.1, 0.15) is 70.0 Å². The van der Waals surface area contributed by atoms with Crippen molar-refractivity contribution >= 4 is 17.5 Å². The van der Waals surface area contributed by atoms with E-state index in [1.807, 2.05) is 24.3 Å². The zero-order valence-electron chi connectivity index (χ0n) is 21.6. The van der Waals surface area contributed by atoms with Crippen molar-refractivity contribution in [1.82, 2.24) is 15.6 Å². The van der Waals surface area contributed by atoms with Gasteiger partial charge in [-0.1, -0.05) is 39.0 Å². The Morgan fingerprint density at radius 3 is 2.38 bits per heavy atom. The highest BCUT2D eigenvalue weighted by Crippen LogP contribution is 2.35. The Hall–Kier alpha value is -2.91. The lowest BCUT2D eigenvalue weighted by Crippen LogP contribution is -2.52. The number of nitrogens with one attached hydrogen (secondary N) is 2. The maximum absolute atomic E-state index is 13.9. The van der Waals surface area contributed by atoms with Crippen molar-refractivity contribution in [2.45, 2.75) is 88.4 Å². The summed E-state index contributed by atoms with van der Waals surface area (Å²) in [5.74, 6) is -3.51. The molecule has 2 aliphatic rings. The molecule has 1 aliphatic heterocycles. The SMILES string of the molecule is CC(C)(C)c1ccc(N(C(=O)[C@H]2C[C@@H](O)CN2)C(C(=O)NC2CCC(F)(F)CC2)c2cccnc2)cc1. The van der Waals surface area contributed by atoms with Crippen LogP contribution in [0.2, 0.25) is 0 Å². The van der Waals surface area contributed by atoms with Gasteiger partial charge in [-0.15, -0.1) is 0 Å². The van der Waals surface area contributed by atoms with Gasteiger partial charge in [0.2, 0.25) is 17.7 Å². The van der Waals surface area contributed by atoms with E-state index in [1.165, 1.54) is 4.90 Å². The van der Waals surface area contributed by atoms with Gasteiger partial charge in [-0.25, -0.2) is 8.78 Å². The highest BCUT2D eigenvalue weighted by molar-refractivity contribution is 6.04. The number of pyridine rings is 1. The van der Waals surface area contributed by atoms with E-state index >= 15 is 0 Å². The van der Waals surface area contributed by atoms with Crippen LogP contribution in [-0.4, -0.2) is 52.6 Å². The van der Waals surface area contributed by atoms with Gasteiger partial charge >= 0.3 is 0 Å². The van der Waals surface area contributed by atoms with Crippen LogP contribution in [0.5, 0.6) is 0 Å². The van der Waals surface area contributed by atoms with Crippen molar-refractivity contribution in [2.75, 3.05) is 11.4 Å². The molecule has 4 rings (SSSR count). The average molecular weight is 515 g/mol. The molecule has 1 saturated carbocycles. The van der Waals surface area contributed by atoms with Crippen molar-refractivity contribution in [3.8, 4) is 0 Å². The normalized spacial score (nSPS) is 22.9. The molecule has 2 amide bonds. The number of alkyl halides is 2. The molecule has 0 bridgehead atoms. The molecule has 2 heterocycles. The second-order valence-electron chi connectivity index (χ2n) is 11.2. The van der Waals surface area contributed by atoms with Gasteiger partial charge in [0.15, 0.2) is 0 Å². The Labute approximate surface area is 216 Å². The lowest BCUT2D eigenvalue weighted by molar-refractivity contribution is -0.128. The topological polar surface area (TPSA) is 94.6 Å². The monoisotopic (exact) mass is 514 g/mol. The van der Waals surface area contributed by atoms with E-state index in [1.54, 1.807) is 24.5 Å². The van der Waals surface area contributed by atoms with Gasteiger partial charge in [-0.05, 0) is 48.4 Å². The fraction of sp³-hybridized carbons (Fsp3) is 0.536. The fourth-order valence-corrected chi connectivity index (χ4v) is 5.02. The van der Waals surface area contributed by atoms with Gasteiger partial charge in [0.25, 0.3) is 0 Å². The Morgan fingerprint density at radius 1 is 1.16 bits per heavy atom. The van der Waals surface area contributed by atoms with Crippen LogP contribution >= 0.6 is 0 Å². The Kier molecular flexibility index (Phi) is 7.94. The summed E-state index contributed by atoms with van der Waals surface area (Å²) in [6, 6.07) is 8.80. The van der Waals surface area contributed by atoms with E-state index in [4.69, 9.17) is 0 Å². The number of anilines is 1. The molecular formula is C28H36F2N4O3.